The summed E-state index contributed by atoms with van der Waals surface area (Å²) < 4.78 is 2.02. The van der Waals surface area contributed by atoms with E-state index in [9.17, 15) is 0 Å². The van der Waals surface area contributed by atoms with Crippen molar-refractivity contribution in [1.29, 1.82) is 0 Å². The minimum atomic E-state index is 0.593. The fourth-order valence-electron chi connectivity index (χ4n) is 2.50. The molecule has 0 spiro atoms. The quantitative estimate of drug-likeness (QED) is 0.828. The number of hydrogen-bond donors (Lipinski definition) is 1. The van der Waals surface area contributed by atoms with Crippen LogP contribution in [-0.2, 0) is 7.05 Å². The summed E-state index contributed by atoms with van der Waals surface area (Å²) in [5, 5.41) is 0. The largest absolute Gasteiger partial charge is 0.354 e. The molecule has 0 bridgehead atoms. The molecule has 2 N–H and O–H groups in total. The van der Waals surface area contributed by atoms with Gasteiger partial charge in [0.1, 0.15) is 5.52 Å². The lowest BCUT2D eigenvalue weighted by Gasteiger charge is -2.17. The first kappa shape index (κ1) is 10.5. The van der Waals surface area contributed by atoms with Gasteiger partial charge >= 0.3 is 0 Å². The van der Waals surface area contributed by atoms with Crippen LogP contribution in [0.3, 0.4) is 0 Å². The molecule has 1 unspecified atom stereocenters. The molecule has 1 saturated heterocycles. The molecule has 2 aromatic rings. The normalized spacial score (nSPS) is 20.4. The second-order valence-corrected chi connectivity index (χ2v) is 4.69. The Hall–Kier alpha value is -1.62. The molecular formula is C12H17N5. The highest BCUT2D eigenvalue weighted by atomic mass is 15.2. The maximum absolute atomic E-state index is 5.72. The summed E-state index contributed by atoms with van der Waals surface area (Å²) in [4.78, 5) is 11.2. The van der Waals surface area contributed by atoms with Crippen LogP contribution in [0.2, 0.25) is 0 Å². The molecular weight excluding hydrogens is 214 g/mol. The Labute approximate surface area is 100 Å². The van der Waals surface area contributed by atoms with Crippen molar-refractivity contribution in [3.05, 3.63) is 18.6 Å². The molecule has 1 atom stereocenters. The van der Waals surface area contributed by atoms with Gasteiger partial charge < -0.3 is 15.2 Å². The smallest absolute Gasteiger partial charge is 0.156 e. The Morgan fingerprint density at radius 1 is 1.47 bits per heavy atom. The van der Waals surface area contributed by atoms with Gasteiger partial charge in [-0.25, -0.2) is 9.97 Å². The van der Waals surface area contributed by atoms with Gasteiger partial charge in [0.05, 0.1) is 11.8 Å². The van der Waals surface area contributed by atoms with Crippen LogP contribution in [0.4, 0.5) is 5.82 Å². The van der Waals surface area contributed by atoms with Crippen LogP contribution < -0.4 is 10.6 Å². The zero-order valence-corrected chi connectivity index (χ0v) is 10.0. The van der Waals surface area contributed by atoms with Gasteiger partial charge in [-0.05, 0) is 24.9 Å². The first-order valence-corrected chi connectivity index (χ1v) is 6.00. The van der Waals surface area contributed by atoms with E-state index < -0.39 is 0 Å². The predicted octanol–water partition coefficient (Wildman–Crippen LogP) is 0.753. The maximum Gasteiger partial charge on any atom is 0.156 e. The van der Waals surface area contributed by atoms with E-state index in [1.165, 1.54) is 0 Å². The summed E-state index contributed by atoms with van der Waals surface area (Å²) in [5.74, 6) is 1.59. The van der Waals surface area contributed by atoms with E-state index in [0.717, 1.165) is 42.9 Å². The second-order valence-electron chi connectivity index (χ2n) is 4.69. The van der Waals surface area contributed by atoms with Crippen molar-refractivity contribution in [2.45, 2.75) is 6.42 Å². The molecule has 5 nitrogen and oxygen atoms in total. The van der Waals surface area contributed by atoms with Gasteiger partial charge in [-0.1, -0.05) is 0 Å². The summed E-state index contributed by atoms with van der Waals surface area (Å²) in [7, 11) is 2.01. The number of aromatic nitrogens is 3. The lowest BCUT2D eigenvalue weighted by Crippen LogP contribution is -2.23. The predicted molar refractivity (Wildman–Crippen MR) is 67.9 cm³/mol. The van der Waals surface area contributed by atoms with Crippen LogP contribution in [0.15, 0.2) is 18.6 Å². The Kier molecular flexibility index (Phi) is 2.48. The number of rotatable bonds is 2. The topological polar surface area (TPSA) is 60.0 Å². The van der Waals surface area contributed by atoms with Gasteiger partial charge in [0.25, 0.3) is 0 Å². The second kappa shape index (κ2) is 4.00. The van der Waals surface area contributed by atoms with Crippen LogP contribution >= 0.6 is 0 Å². The Morgan fingerprint density at radius 3 is 3.12 bits per heavy atom. The number of imidazole rings is 1. The third kappa shape index (κ3) is 1.67. The molecule has 0 aromatic carbocycles. The summed E-state index contributed by atoms with van der Waals surface area (Å²) in [6.07, 6.45) is 4.85. The molecule has 5 heteroatoms. The third-order valence-corrected chi connectivity index (χ3v) is 3.54. The lowest BCUT2D eigenvalue weighted by molar-refractivity contribution is 0.602. The summed E-state index contributed by atoms with van der Waals surface area (Å²) in [5.41, 5.74) is 7.85. The van der Waals surface area contributed by atoms with Gasteiger partial charge in [0, 0.05) is 26.3 Å². The van der Waals surface area contributed by atoms with Crippen LogP contribution in [0.1, 0.15) is 6.42 Å². The van der Waals surface area contributed by atoms with Crippen LogP contribution in [-0.4, -0.2) is 34.2 Å². The Bertz CT molecular complexity index is 533. The number of anilines is 1. The van der Waals surface area contributed by atoms with Gasteiger partial charge in [-0.3, -0.25) is 0 Å². The molecule has 0 amide bonds. The van der Waals surface area contributed by atoms with E-state index in [4.69, 9.17) is 5.73 Å². The van der Waals surface area contributed by atoms with Crippen molar-refractivity contribution in [1.82, 2.24) is 14.5 Å². The van der Waals surface area contributed by atoms with Crippen molar-refractivity contribution >= 4 is 16.9 Å². The highest BCUT2D eigenvalue weighted by Gasteiger charge is 2.24. The van der Waals surface area contributed by atoms with E-state index in [2.05, 4.69) is 14.9 Å². The standard InChI is InChI=1S/C12H17N5/c1-16-8-15-11-10(16)2-4-14-12(11)17-5-3-9(6-13)7-17/h2,4,8-9H,3,5-7,13H2,1H3. The Morgan fingerprint density at radius 2 is 2.35 bits per heavy atom. The number of fused-ring (bicyclic) bond motifs is 1. The molecule has 17 heavy (non-hydrogen) atoms. The summed E-state index contributed by atoms with van der Waals surface area (Å²) in [6, 6.07) is 2.00. The molecule has 0 radical (unpaired) electrons. The van der Waals surface area contributed by atoms with Crippen molar-refractivity contribution < 1.29 is 0 Å². The van der Waals surface area contributed by atoms with Gasteiger partial charge in [-0.15, -0.1) is 0 Å². The number of nitrogens with two attached hydrogens (primary N) is 1. The molecule has 3 rings (SSSR count). The molecule has 3 heterocycles. The average molecular weight is 231 g/mol. The maximum atomic E-state index is 5.72. The van der Waals surface area contributed by atoms with Crippen molar-refractivity contribution in [3.8, 4) is 0 Å². The number of pyridine rings is 1. The molecule has 2 aromatic heterocycles. The average Bonchev–Trinajstić information content (AvgIpc) is 2.96. The molecule has 1 aliphatic heterocycles. The summed E-state index contributed by atoms with van der Waals surface area (Å²) >= 11 is 0. The SMILES string of the molecule is Cn1cnc2c(N3CCC(CN)C3)nccc21. The van der Waals surface area contributed by atoms with E-state index in [-0.39, 0.29) is 0 Å². The zero-order valence-electron chi connectivity index (χ0n) is 10.0. The van der Waals surface area contributed by atoms with Crippen molar-refractivity contribution in [2.24, 2.45) is 18.7 Å². The molecule has 1 fully saturated rings. The molecule has 0 saturated carbocycles. The highest BCUT2D eigenvalue weighted by molar-refractivity contribution is 5.86. The van der Waals surface area contributed by atoms with Gasteiger partial charge in [0.2, 0.25) is 0 Å². The van der Waals surface area contributed by atoms with Crippen molar-refractivity contribution in [2.75, 3.05) is 24.5 Å². The highest BCUT2D eigenvalue weighted by Crippen LogP contribution is 2.27. The zero-order chi connectivity index (χ0) is 11.8. The fourth-order valence-corrected chi connectivity index (χ4v) is 2.50. The third-order valence-electron chi connectivity index (χ3n) is 3.54. The molecule has 90 valence electrons. The lowest BCUT2D eigenvalue weighted by atomic mass is 10.1. The van der Waals surface area contributed by atoms with E-state index in [1.807, 2.05) is 30.2 Å². The fraction of sp³-hybridized carbons (Fsp3) is 0.500. The number of nitrogens with zero attached hydrogens (tertiary/aromatic N) is 4. The van der Waals surface area contributed by atoms with Crippen LogP contribution in [0, 0.1) is 5.92 Å². The van der Waals surface area contributed by atoms with Crippen LogP contribution in [0.5, 0.6) is 0 Å². The van der Waals surface area contributed by atoms with Crippen LogP contribution in [0.25, 0.3) is 11.0 Å². The van der Waals surface area contributed by atoms with Crippen molar-refractivity contribution in [3.63, 3.8) is 0 Å². The van der Waals surface area contributed by atoms with Gasteiger partial charge in [-0.2, -0.15) is 0 Å². The van der Waals surface area contributed by atoms with E-state index >= 15 is 0 Å². The minimum absolute atomic E-state index is 0.593. The molecule has 0 aliphatic carbocycles. The first-order valence-electron chi connectivity index (χ1n) is 6.00. The van der Waals surface area contributed by atoms with E-state index in [1.54, 1.807) is 0 Å². The number of aryl methyl sites for hydroxylation is 1. The summed E-state index contributed by atoms with van der Waals surface area (Å²) in [6.45, 7) is 2.79. The first-order chi connectivity index (χ1) is 8.29. The monoisotopic (exact) mass is 231 g/mol. The number of hydrogen-bond acceptors (Lipinski definition) is 4. The molecule has 1 aliphatic rings. The minimum Gasteiger partial charge on any atom is -0.354 e. The van der Waals surface area contributed by atoms with Gasteiger partial charge in [0.15, 0.2) is 5.82 Å². The van der Waals surface area contributed by atoms with E-state index in [0.29, 0.717) is 5.92 Å². The Balaban J connectivity index is 2.00.